The van der Waals surface area contributed by atoms with Crippen LogP contribution < -0.4 is 5.32 Å². The average Bonchev–Trinajstić information content (AvgIpc) is 2.92. The molecule has 0 radical (unpaired) electrons. The zero-order valence-corrected chi connectivity index (χ0v) is 12.5. The molecule has 112 valence electrons. The normalized spacial score (nSPS) is 17.6. The molecule has 1 fully saturated rings. The first-order valence-electron chi connectivity index (χ1n) is 7.77. The molecule has 1 aliphatic rings. The van der Waals surface area contributed by atoms with Gasteiger partial charge in [-0.1, -0.05) is 25.7 Å². The molecule has 1 aromatic carbocycles. The monoisotopic (exact) mass is 281 g/mol. The third-order valence-corrected chi connectivity index (χ3v) is 4.46. The Kier molecular flexibility index (Phi) is 5.53. The maximum atomic E-state index is 13.8. The fraction of sp³-hybridized carbons (Fsp3) is 0.647. The third kappa shape index (κ3) is 4.02. The lowest BCUT2D eigenvalue weighted by molar-refractivity contribution is 0.450. The van der Waals surface area contributed by atoms with Gasteiger partial charge < -0.3 is 5.32 Å². The molecule has 1 nitrogen and oxygen atoms in total. The van der Waals surface area contributed by atoms with E-state index in [9.17, 15) is 8.78 Å². The molecule has 0 saturated heterocycles. The van der Waals surface area contributed by atoms with E-state index in [1.165, 1.54) is 44.2 Å². The van der Waals surface area contributed by atoms with Gasteiger partial charge in [0, 0.05) is 11.6 Å². The van der Waals surface area contributed by atoms with E-state index in [-0.39, 0.29) is 17.7 Å². The van der Waals surface area contributed by atoms with Crippen molar-refractivity contribution in [1.29, 1.82) is 0 Å². The van der Waals surface area contributed by atoms with Gasteiger partial charge >= 0.3 is 0 Å². The molecule has 1 N–H and O–H groups in total. The average molecular weight is 281 g/mol. The summed E-state index contributed by atoms with van der Waals surface area (Å²) in [4.78, 5) is 0. The Morgan fingerprint density at radius 3 is 2.60 bits per heavy atom. The van der Waals surface area contributed by atoms with Crippen LogP contribution in [0, 0.1) is 24.5 Å². The zero-order chi connectivity index (χ0) is 14.5. The van der Waals surface area contributed by atoms with E-state index in [0.29, 0.717) is 11.1 Å². The molecular weight excluding hydrogens is 256 g/mol. The smallest absolute Gasteiger partial charge is 0.128 e. The second kappa shape index (κ2) is 7.16. The Morgan fingerprint density at radius 2 is 1.90 bits per heavy atom. The van der Waals surface area contributed by atoms with Gasteiger partial charge in [-0.25, -0.2) is 8.78 Å². The van der Waals surface area contributed by atoms with Gasteiger partial charge in [-0.05, 0) is 56.8 Å². The molecule has 0 bridgehead atoms. The van der Waals surface area contributed by atoms with E-state index in [4.69, 9.17) is 0 Å². The predicted molar refractivity (Wildman–Crippen MR) is 78.7 cm³/mol. The van der Waals surface area contributed by atoms with Crippen molar-refractivity contribution in [2.45, 2.75) is 58.4 Å². The number of benzene rings is 1. The topological polar surface area (TPSA) is 12.0 Å². The summed E-state index contributed by atoms with van der Waals surface area (Å²) in [6.45, 7) is 4.34. The molecule has 0 aromatic heterocycles. The summed E-state index contributed by atoms with van der Waals surface area (Å²) in [7, 11) is 0. The standard InChI is InChI=1S/C17H25F2N/c1-12-10-17(19)15(11-16(12)18)13(2)20-9-5-8-14-6-3-4-7-14/h10-11,13-14,20H,3-9H2,1-2H3. The van der Waals surface area contributed by atoms with Gasteiger partial charge in [0.2, 0.25) is 0 Å². The first kappa shape index (κ1) is 15.4. The Balaban J connectivity index is 1.79. The fourth-order valence-corrected chi connectivity index (χ4v) is 3.11. The van der Waals surface area contributed by atoms with Crippen molar-refractivity contribution in [3.8, 4) is 0 Å². The maximum absolute atomic E-state index is 13.8. The number of hydrogen-bond acceptors (Lipinski definition) is 1. The third-order valence-electron chi connectivity index (χ3n) is 4.46. The molecule has 1 saturated carbocycles. The summed E-state index contributed by atoms with van der Waals surface area (Å²) in [5.74, 6) is 0.237. The largest absolute Gasteiger partial charge is 0.310 e. The van der Waals surface area contributed by atoms with Crippen LogP contribution in [0.15, 0.2) is 12.1 Å². The Labute approximate surface area is 120 Å². The van der Waals surface area contributed by atoms with E-state index in [1.54, 1.807) is 6.92 Å². The summed E-state index contributed by atoms with van der Waals surface area (Å²) in [5.41, 5.74) is 0.786. The quantitative estimate of drug-likeness (QED) is 0.732. The Hall–Kier alpha value is -0.960. The van der Waals surface area contributed by atoms with Gasteiger partial charge in [0.25, 0.3) is 0 Å². The van der Waals surface area contributed by atoms with Crippen molar-refractivity contribution < 1.29 is 8.78 Å². The molecule has 0 aliphatic heterocycles. The van der Waals surface area contributed by atoms with Crippen molar-refractivity contribution in [2.75, 3.05) is 6.54 Å². The highest BCUT2D eigenvalue weighted by Crippen LogP contribution is 2.28. The second-order valence-electron chi connectivity index (χ2n) is 6.09. The van der Waals surface area contributed by atoms with E-state index in [2.05, 4.69) is 5.32 Å². The number of nitrogens with one attached hydrogen (secondary N) is 1. The van der Waals surface area contributed by atoms with Crippen LogP contribution in [0.25, 0.3) is 0 Å². The molecule has 0 amide bonds. The van der Waals surface area contributed by atoms with E-state index in [0.717, 1.165) is 18.9 Å². The first-order chi connectivity index (χ1) is 9.58. The summed E-state index contributed by atoms with van der Waals surface area (Å²) in [6, 6.07) is 2.45. The van der Waals surface area contributed by atoms with Crippen LogP contribution in [-0.2, 0) is 0 Å². The maximum Gasteiger partial charge on any atom is 0.128 e. The first-order valence-corrected chi connectivity index (χ1v) is 7.77. The highest BCUT2D eigenvalue weighted by molar-refractivity contribution is 5.27. The minimum absolute atomic E-state index is 0.145. The Bertz CT molecular complexity index is 439. The van der Waals surface area contributed by atoms with Gasteiger partial charge in [-0.3, -0.25) is 0 Å². The van der Waals surface area contributed by atoms with Crippen LogP contribution >= 0.6 is 0 Å². The predicted octanol–water partition coefficient (Wildman–Crippen LogP) is 4.89. The minimum atomic E-state index is -0.332. The molecule has 2 rings (SSSR count). The van der Waals surface area contributed by atoms with Crippen molar-refractivity contribution in [3.05, 3.63) is 34.9 Å². The van der Waals surface area contributed by atoms with Crippen molar-refractivity contribution >= 4 is 0 Å². The van der Waals surface area contributed by atoms with Crippen LogP contribution in [-0.4, -0.2) is 6.54 Å². The van der Waals surface area contributed by atoms with Crippen molar-refractivity contribution in [1.82, 2.24) is 5.32 Å². The van der Waals surface area contributed by atoms with Gasteiger partial charge in [0.05, 0.1) is 0 Å². The summed E-state index contributed by atoms with van der Waals surface area (Å²) in [5, 5.41) is 3.30. The van der Waals surface area contributed by atoms with Gasteiger partial charge in [0.1, 0.15) is 11.6 Å². The lowest BCUT2D eigenvalue weighted by Gasteiger charge is -2.16. The zero-order valence-electron chi connectivity index (χ0n) is 12.5. The van der Waals surface area contributed by atoms with E-state index in [1.807, 2.05) is 6.92 Å². The minimum Gasteiger partial charge on any atom is -0.310 e. The van der Waals surface area contributed by atoms with Crippen LogP contribution in [0.3, 0.4) is 0 Å². The van der Waals surface area contributed by atoms with Crippen LogP contribution in [0.5, 0.6) is 0 Å². The van der Waals surface area contributed by atoms with E-state index >= 15 is 0 Å². The lowest BCUT2D eigenvalue weighted by atomic mass is 10.0. The molecule has 0 spiro atoms. The van der Waals surface area contributed by atoms with Crippen LogP contribution in [0.1, 0.15) is 62.6 Å². The number of aryl methyl sites for hydroxylation is 1. The molecule has 20 heavy (non-hydrogen) atoms. The molecule has 1 unspecified atom stereocenters. The number of halogens is 2. The fourth-order valence-electron chi connectivity index (χ4n) is 3.11. The summed E-state index contributed by atoms with van der Waals surface area (Å²) in [6.07, 6.45) is 7.86. The summed E-state index contributed by atoms with van der Waals surface area (Å²) >= 11 is 0. The molecular formula is C17H25F2N. The molecule has 0 heterocycles. The van der Waals surface area contributed by atoms with E-state index < -0.39 is 0 Å². The summed E-state index contributed by atoms with van der Waals surface area (Å²) < 4.78 is 27.3. The molecule has 1 aliphatic carbocycles. The van der Waals surface area contributed by atoms with Gasteiger partial charge in [-0.15, -0.1) is 0 Å². The van der Waals surface area contributed by atoms with Crippen LogP contribution in [0.4, 0.5) is 8.78 Å². The van der Waals surface area contributed by atoms with Crippen molar-refractivity contribution in [3.63, 3.8) is 0 Å². The second-order valence-corrected chi connectivity index (χ2v) is 6.09. The Morgan fingerprint density at radius 1 is 1.20 bits per heavy atom. The SMILES string of the molecule is Cc1cc(F)c(C(C)NCCCC2CCCC2)cc1F. The van der Waals surface area contributed by atoms with Crippen LogP contribution in [0.2, 0.25) is 0 Å². The van der Waals surface area contributed by atoms with Crippen molar-refractivity contribution in [2.24, 2.45) is 5.92 Å². The molecule has 1 aromatic rings. The number of rotatable bonds is 6. The highest BCUT2D eigenvalue weighted by Gasteiger charge is 2.15. The van der Waals surface area contributed by atoms with Gasteiger partial charge in [0.15, 0.2) is 0 Å². The highest BCUT2D eigenvalue weighted by atomic mass is 19.1. The molecule has 1 atom stereocenters. The molecule has 3 heteroatoms. The number of hydrogen-bond donors (Lipinski definition) is 1. The van der Waals surface area contributed by atoms with Gasteiger partial charge in [-0.2, -0.15) is 0 Å². The lowest BCUT2D eigenvalue weighted by Crippen LogP contribution is -2.21.